The number of rotatable bonds is 6. The van der Waals surface area contributed by atoms with Crippen molar-refractivity contribution in [3.05, 3.63) is 77.8 Å². The van der Waals surface area contributed by atoms with Crippen molar-refractivity contribution in [2.45, 2.75) is 17.1 Å². The van der Waals surface area contributed by atoms with E-state index in [-0.39, 0.29) is 11.8 Å². The third kappa shape index (κ3) is 4.82. The average Bonchev–Trinajstić information content (AvgIpc) is 3.26. The maximum atomic E-state index is 13.7. The van der Waals surface area contributed by atoms with Crippen molar-refractivity contribution in [3.63, 3.8) is 0 Å². The van der Waals surface area contributed by atoms with Gasteiger partial charge in [0, 0.05) is 16.6 Å². The van der Waals surface area contributed by atoms with Crippen molar-refractivity contribution in [1.82, 2.24) is 0 Å². The zero-order valence-electron chi connectivity index (χ0n) is 15.3. The van der Waals surface area contributed by atoms with Crippen LogP contribution in [0.3, 0.4) is 0 Å². The Morgan fingerprint density at radius 2 is 1.60 bits per heavy atom. The summed E-state index contributed by atoms with van der Waals surface area (Å²) >= 11 is 1.04. The molecule has 3 aromatic rings. The van der Waals surface area contributed by atoms with Crippen LogP contribution in [0, 0.1) is 23.3 Å². The van der Waals surface area contributed by atoms with E-state index in [9.17, 15) is 27.2 Å². The molecule has 3 rings (SSSR count). The van der Waals surface area contributed by atoms with Crippen LogP contribution >= 0.6 is 11.8 Å². The standard InChI is InChI=1S/C20H14F4N2O3S/c1-10(19(27)26-18-16(23)13(21)9-14(22)17(18)24)30-12-6-4-11(5-7-12)25-20(28)15-3-2-8-29-15/h2-10H,1H3,(H,25,28)(H,26,27). The molecule has 10 heteroatoms. The molecule has 0 saturated carbocycles. The van der Waals surface area contributed by atoms with E-state index in [4.69, 9.17) is 4.42 Å². The fraction of sp³-hybridized carbons (Fsp3) is 0.100. The van der Waals surface area contributed by atoms with Gasteiger partial charge in [0.1, 0.15) is 5.69 Å². The highest BCUT2D eigenvalue weighted by Crippen LogP contribution is 2.28. The molecule has 0 aliphatic rings. The number of hydrogen-bond acceptors (Lipinski definition) is 4. The minimum Gasteiger partial charge on any atom is -0.459 e. The molecule has 1 unspecified atom stereocenters. The molecular formula is C20H14F4N2O3S. The first kappa shape index (κ1) is 21.4. The summed E-state index contributed by atoms with van der Waals surface area (Å²) in [5, 5.41) is 3.66. The zero-order chi connectivity index (χ0) is 21.8. The van der Waals surface area contributed by atoms with Crippen LogP contribution < -0.4 is 10.6 Å². The Hall–Kier alpha value is -3.27. The number of nitrogens with one attached hydrogen (secondary N) is 2. The van der Waals surface area contributed by atoms with E-state index < -0.39 is 46.0 Å². The summed E-state index contributed by atoms with van der Waals surface area (Å²) in [5.41, 5.74) is -0.696. The van der Waals surface area contributed by atoms with Crippen LogP contribution in [0.15, 0.2) is 58.0 Å². The maximum Gasteiger partial charge on any atom is 0.291 e. The predicted molar refractivity (Wildman–Crippen MR) is 103 cm³/mol. The lowest BCUT2D eigenvalue weighted by Gasteiger charge is -2.14. The Balaban J connectivity index is 1.62. The number of benzene rings is 2. The second-order valence-corrected chi connectivity index (χ2v) is 7.46. The third-order valence-corrected chi connectivity index (χ3v) is 5.01. The molecular weight excluding hydrogens is 424 g/mol. The van der Waals surface area contributed by atoms with Crippen LogP contribution in [-0.2, 0) is 4.79 Å². The first-order valence-corrected chi connectivity index (χ1v) is 9.39. The Morgan fingerprint density at radius 3 is 2.17 bits per heavy atom. The van der Waals surface area contributed by atoms with Gasteiger partial charge in [-0.15, -0.1) is 11.8 Å². The van der Waals surface area contributed by atoms with Crippen molar-refractivity contribution in [1.29, 1.82) is 0 Å². The lowest BCUT2D eigenvalue weighted by atomic mass is 10.2. The highest BCUT2D eigenvalue weighted by Gasteiger charge is 2.23. The van der Waals surface area contributed by atoms with E-state index in [1.165, 1.54) is 19.3 Å². The van der Waals surface area contributed by atoms with E-state index in [1.54, 1.807) is 30.3 Å². The van der Waals surface area contributed by atoms with Crippen molar-refractivity contribution in [2.24, 2.45) is 0 Å². The monoisotopic (exact) mass is 438 g/mol. The quantitative estimate of drug-likeness (QED) is 0.315. The minimum absolute atomic E-state index is 0.0602. The molecule has 0 fully saturated rings. The van der Waals surface area contributed by atoms with E-state index in [2.05, 4.69) is 5.32 Å². The Bertz CT molecular complexity index is 1050. The number of halogens is 4. The molecule has 2 N–H and O–H groups in total. The minimum atomic E-state index is -1.68. The van der Waals surface area contributed by atoms with Gasteiger partial charge >= 0.3 is 0 Å². The van der Waals surface area contributed by atoms with E-state index in [1.807, 2.05) is 5.32 Å². The van der Waals surface area contributed by atoms with Crippen LogP contribution in [-0.4, -0.2) is 17.1 Å². The number of hydrogen-bond donors (Lipinski definition) is 2. The topological polar surface area (TPSA) is 71.3 Å². The lowest BCUT2D eigenvalue weighted by Crippen LogP contribution is -2.24. The van der Waals surface area contributed by atoms with Crippen molar-refractivity contribution >= 4 is 35.0 Å². The number of carbonyl (C=O) groups is 2. The highest BCUT2D eigenvalue weighted by atomic mass is 32.2. The Morgan fingerprint density at radius 1 is 0.967 bits per heavy atom. The molecule has 30 heavy (non-hydrogen) atoms. The fourth-order valence-corrected chi connectivity index (χ4v) is 3.25. The summed E-state index contributed by atoms with van der Waals surface area (Å²) in [6.45, 7) is 1.46. The molecule has 0 radical (unpaired) electrons. The molecule has 156 valence electrons. The maximum absolute atomic E-state index is 13.7. The number of furan rings is 1. The summed E-state index contributed by atoms with van der Waals surface area (Å²) in [6.07, 6.45) is 1.37. The van der Waals surface area contributed by atoms with Gasteiger partial charge in [-0.25, -0.2) is 17.6 Å². The second-order valence-electron chi connectivity index (χ2n) is 6.05. The van der Waals surface area contributed by atoms with Gasteiger partial charge in [-0.2, -0.15) is 0 Å². The smallest absolute Gasteiger partial charge is 0.291 e. The highest BCUT2D eigenvalue weighted by molar-refractivity contribution is 8.00. The van der Waals surface area contributed by atoms with Gasteiger partial charge in [0.25, 0.3) is 5.91 Å². The van der Waals surface area contributed by atoms with Crippen molar-refractivity contribution in [3.8, 4) is 0 Å². The fourth-order valence-electron chi connectivity index (χ4n) is 2.38. The molecule has 5 nitrogen and oxygen atoms in total. The molecule has 0 aliphatic heterocycles. The number of carbonyl (C=O) groups excluding carboxylic acids is 2. The van der Waals surface area contributed by atoms with E-state index in [0.717, 1.165) is 11.8 Å². The SMILES string of the molecule is CC(Sc1ccc(NC(=O)c2ccco2)cc1)C(=O)Nc1c(F)c(F)cc(F)c1F. The first-order valence-electron chi connectivity index (χ1n) is 8.51. The van der Waals surface area contributed by atoms with E-state index in [0.29, 0.717) is 10.6 Å². The van der Waals surface area contributed by atoms with Gasteiger partial charge in [-0.3, -0.25) is 9.59 Å². The van der Waals surface area contributed by atoms with Crippen molar-refractivity contribution in [2.75, 3.05) is 10.6 Å². The molecule has 1 heterocycles. The largest absolute Gasteiger partial charge is 0.459 e. The van der Waals surface area contributed by atoms with Gasteiger partial charge in [0.15, 0.2) is 29.0 Å². The number of amides is 2. The molecule has 0 bridgehead atoms. The molecule has 0 spiro atoms. The predicted octanol–water partition coefficient (Wildman–Crippen LogP) is 5.21. The van der Waals surface area contributed by atoms with Gasteiger partial charge in [0.2, 0.25) is 5.91 Å². The van der Waals surface area contributed by atoms with Crippen LogP contribution in [0.1, 0.15) is 17.5 Å². The normalized spacial score (nSPS) is 11.8. The average molecular weight is 438 g/mol. The van der Waals surface area contributed by atoms with Gasteiger partial charge in [0.05, 0.1) is 11.5 Å². The van der Waals surface area contributed by atoms with Gasteiger partial charge < -0.3 is 15.1 Å². The zero-order valence-corrected chi connectivity index (χ0v) is 16.2. The first-order chi connectivity index (χ1) is 14.3. The second kappa shape index (κ2) is 9.04. The summed E-state index contributed by atoms with van der Waals surface area (Å²) in [5.74, 6) is -7.73. The summed E-state index contributed by atoms with van der Waals surface area (Å²) in [6, 6.07) is 9.58. The Kier molecular flexibility index (Phi) is 6.46. The lowest BCUT2D eigenvalue weighted by molar-refractivity contribution is -0.115. The molecule has 0 aliphatic carbocycles. The third-order valence-electron chi connectivity index (χ3n) is 3.90. The van der Waals surface area contributed by atoms with Crippen LogP contribution in [0.25, 0.3) is 0 Å². The molecule has 1 atom stereocenters. The molecule has 2 aromatic carbocycles. The van der Waals surface area contributed by atoms with Crippen LogP contribution in [0.5, 0.6) is 0 Å². The van der Waals surface area contributed by atoms with Gasteiger partial charge in [-0.1, -0.05) is 0 Å². The van der Waals surface area contributed by atoms with Gasteiger partial charge in [-0.05, 0) is 43.3 Å². The summed E-state index contributed by atoms with van der Waals surface area (Å²) in [7, 11) is 0. The van der Waals surface area contributed by atoms with Crippen LogP contribution in [0.4, 0.5) is 28.9 Å². The van der Waals surface area contributed by atoms with Crippen molar-refractivity contribution < 1.29 is 31.6 Å². The molecule has 2 amide bonds. The number of anilines is 2. The number of thioether (sulfide) groups is 1. The Labute approximate surface area is 172 Å². The van der Waals surface area contributed by atoms with E-state index >= 15 is 0 Å². The summed E-state index contributed by atoms with van der Waals surface area (Å²) < 4.78 is 58.9. The molecule has 1 aromatic heterocycles. The molecule has 0 saturated heterocycles. The summed E-state index contributed by atoms with van der Waals surface area (Å²) in [4.78, 5) is 24.7. The van der Waals surface area contributed by atoms with Crippen LogP contribution in [0.2, 0.25) is 0 Å².